The third kappa shape index (κ3) is 4.28. The second kappa shape index (κ2) is 7.58. The molecule has 18 heavy (non-hydrogen) atoms. The lowest BCUT2D eigenvalue weighted by Crippen LogP contribution is -2.02. The number of esters is 1. The summed E-state index contributed by atoms with van der Waals surface area (Å²) in [7, 11) is 3.00. The molecule has 100 valence electrons. The predicted molar refractivity (Wildman–Crippen MR) is 69.1 cm³/mol. The maximum Gasteiger partial charge on any atom is 0.305 e. The summed E-state index contributed by atoms with van der Waals surface area (Å²) in [5.74, 6) is 1.23. The van der Waals surface area contributed by atoms with Gasteiger partial charge >= 0.3 is 5.97 Å². The van der Waals surface area contributed by atoms with E-state index >= 15 is 0 Å². The van der Waals surface area contributed by atoms with Crippen LogP contribution < -0.4 is 9.47 Å². The van der Waals surface area contributed by atoms with Crippen LogP contribution in [0.1, 0.15) is 25.3 Å². The van der Waals surface area contributed by atoms with E-state index in [-0.39, 0.29) is 5.97 Å². The Morgan fingerprint density at radius 3 is 2.61 bits per heavy atom. The molecule has 4 heteroatoms. The van der Waals surface area contributed by atoms with E-state index in [0.29, 0.717) is 25.2 Å². The van der Waals surface area contributed by atoms with Crippen molar-refractivity contribution in [3.8, 4) is 11.5 Å². The Labute approximate surface area is 108 Å². The van der Waals surface area contributed by atoms with Gasteiger partial charge in [-0.05, 0) is 30.5 Å². The van der Waals surface area contributed by atoms with Crippen LogP contribution in [0, 0.1) is 0 Å². The fourth-order valence-electron chi connectivity index (χ4n) is 1.55. The first kappa shape index (κ1) is 14.4. The number of benzene rings is 1. The number of methoxy groups -OCH3 is 2. The van der Waals surface area contributed by atoms with Crippen LogP contribution in [-0.2, 0) is 16.0 Å². The number of carbonyl (C=O) groups is 1. The van der Waals surface area contributed by atoms with Crippen LogP contribution >= 0.6 is 0 Å². The summed E-state index contributed by atoms with van der Waals surface area (Å²) in [6.45, 7) is 2.72. The van der Waals surface area contributed by atoms with Crippen LogP contribution in [0.3, 0.4) is 0 Å². The lowest BCUT2D eigenvalue weighted by Gasteiger charge is -2.11. The Bertz CT molecular complexity index is 387. The molecule has 0 spiro atoms. The van der Waals surface area contributed by atoms with E-state index in [1.807, 2.05) is 18.2 Å². The first-order valence-corrected chi connectivity index (χ1v) is 6.07. The second-order valence-corrected chi connectivity index (χ2v) is 3.91. The molecule has 0 saturated carbocycles. The molecule has 0 bridgehead atoms. The number of rotatable bonds is 7. The van der Waals surface area contributed by atoms with Crippen molar-refractivity contribution >= 4 is 5.97 Å². The molecule has 0 N–H and O–H groups in total. The van der Waals surface area contributed by atoms with Crippen molar-refractivity contribution in [2.24, 2.45) is 0 Å². The van der Waals surface area contributed by atoms with Gasteiger partial charge in [-0.2, -0.15) is 0 Å². The van der Waals surface area contributed by atoms with Crippen molar-refractivity contribution in [3.05, 3.63) is 23.8 Å². The lowest BCUT2D eigenvalue weighted by atomic mass is 10.1. The largest absolute Gasteiger partial charge is 0.493 e. The van der Waals surface area contributed by atoms with E-state index in [1.54, 1.807) is 7.11 Å². The van der Waals surface area contributed by atoms with Crippen LogP contribution in [0.5, 0.6) is 11.5 Å². The summed E-state index contributed by atoms with van der Waals surface area (Å²) in [6.07, 6.45) is 1.96. The fraction of sp³-hybridized carbons (Fsp3) is 0.500. The Hall–Kier alpha value is -1.71. The molecule has 0 unspecified atom stereocenters. The summed E-state index contributed by atoms with van der Waals surface area (Å²) in [5.41, 5.74) is 1.03. The van der Waals surface area contributed by atoms with Crippen molar-refractivity contribution in [3.63, 3.8) is 0 Å². The lowest BCUT2D eigenvalue weighted by molar-refractivity contribution is -0.140. The normalized spacial score (nSPS) is 9.94. The minimum atomic E-state index is -0.208. The molecule has 0 atom stereocenters. The zero-order valence-electron chi connectivity index (χ0n) is 11.2. The van der Waals surface area contributed by atoms with Gasteiger partial charge in [0.05, 0.1) is 20.8 Å². The molecular formula is C14H20O4. The third-order valence-electron chi connectivity index (χ3n) is 2.54. The minimum Gasteiger partial charge on any atom is -0.493 e. The van der Waals surface area contributed by atoms with E-state index < -0.39 is 0 Å². The van der Waals surface area contributed by atoms with Gasteiger partial charge in [0.1, 0.15) is 0 Å². The van der Waals surface area contributed by atoms with Crippen molar-refractivity contribution in [2.75, 3.05) is 20.8 Å². The number of hydrogen-bond acceptors (Lipinski definition) is 4. The highest BCUT2D eigenvalue weighted by Gasteiger charge is 2.07. The zero-order chi connectivity index (χ0) is 13.4. The molecule has 0 aliphatic carbocycles. The van der Waals surface area contributed by atoms with Crippen LogP contribution in [-0.4, -0.2) is 26.8 Å². The van der Waals surface area contributed by atoms with E-state index in [2.05, 4.69) is 11.7 Å². The van der Waals surface area contributed by atoms with Gasteiger partial charge in [-0.1, -0.05) is 13.0 Å². The molecule has 0 amide bonds. The molecular weight excluding hydrogens is 232 g/mol. The Kier molecular flexibility index (Phi) is 6.05. The fourth-order valence-corrected chi connectivity index (χ4v) is 1.55. The Morgan fingerprint density at radius 2 is 2.00 bits per heavy atom. The minimum absolute atomic E-state index is 0.208. The molecule has 4 nitrogen and oxygen atoms in total. The van der Waals surface area contributed by atoms with Crippen molar-refractivity contribution < 1.29 is 19.0 Å². The van der Waals surface area contributed by atoms with Gasteiger partial charge in [0.25, 0.3) is 0 Å². The molecule has 0 heterocycles. The van der Waals surface area contributed by atoms with Crippen LogP contribution in [0.4, 0.5) is 0 Å². The molecule has 1 rings (SSSR count). The van der Waals surface area contributed by atoms with E-state index in [9.17, 15) is 4.79 Å². The number of ether oxygens (including phenoxy) is 3. The van der Waals surface area contributed by atoms with Gasteiger partial charge in [-0.3, -0.25) is 4.79 Å². The number of hydrogen-bond donors (Lipinski definition) is 0. The van der Waals surface area contributed by atoms with Gasteiger partial charge < -0.3 is 14.2 Å². The van der Waals surface area contributed by atoms with Gasteiger partial charge in [0.15, 0.2) is 11.5 Å². The molecule has 0 aromatic heterocycles. The maximum atomic E-state index is 11.1. The van der Waals surface area contributed by atoms with Crippen molar-refractivity contribution in [1.82, 2.24) is 0 Å². The van der Waals surface area contributed by atoms with Gasteiger partial charge in [-0.25, -0.2) is 0 Å². The number of aryl methyl sites for hydroxylation is 1. The third-order valence-corrected chi connectivity index (χ3v) is 2.54. The SMILES string of the molecule is CCCOc1ccc(CCC(=O)OC)cc1OC. The molecule has 0 aliphatic heterocycles. The Balaban J connectivity index is 2.68. The standard InChI is InChI=1S/C14H20O4/c1-4-9-18-12-7-5-11(10-13(12)16-2)6-8-14(15)17-3/h5,7,10H,4,6,8-9H2,1-3H3. The molecule has 1 aromatic rings. The Morgan fingerprint density at radius 1 is 1.22 bits per heavy atom. The van der Waals surface area contributed by atoms with E-state index in [1.165, 1.54) is 7.11 Å². The van der Waals surface area contributed by atoms with Crippen molar-refractivity contribution in [1.29, 1.82) is 0 Å². The predicted octanol–water partition coefficient (Wildman–Crippen LogP) is 2.59. The van der Waals surface area contributed by atoms with Crippen LogP contribution in [0.2, 0.25) is 0 Å². The summed E-state index contributed by atoms with van der Waals surface area (Å²) in [4.78, 5) is 11.1. The highest BCUT2D eigenvalue weighted by atomic mass is 16.5. The summed E-state index contributed by atoms with van der Waals surface area (Å²) in [5, 5.41) is 0. The average Bonchev–Trinajstić information content (AvgIpc) is 2.42. The topological polar surface area (TPSA) is 44.8 Å². The molecule has 0 aliphatic rings. The second-order valence-electron chi connectivity index (χ2n) is 3.91. The van der Waals surface area contributed by atoms with Gasteiger partial charge in [-0.15, -0.1) is 0 Å². The maximum absolute atomic E-state index is 11.1. The number of carbonyl (C=O) groups excluding carboxylic acids is 1. The van der Waals surface area contributed by atoms with Gasteiger partial charge in [0.2, 0.25) is 0 Å². The highest BCUT2D eigenvalue weighted by Crippen LogP contribution is 2.28. The molecule has 0 radical (unpaired) electrons. The smallest absolute Gasteiger partial charge is 0.305 e. The van der Waals surface area contributed by atoms with Crippen LogP contribution in [0.25, 0.3) is 0 Å². The van der Waals surface area contributed by atoms with Gasteiger partial charge in [0, 0.05) is 6.42 Å². The zero-order valence-corrected chi connectivity index (χ0v) is 11.2. The van der Waals surface area contributed by atoms with Crippen molar-refractivity contribution in [2.45, 2.75) is 26.2 Å². The molecule has 1 aromatic carbocycles. The quantitative estimate of drug-likeness (QED) is 0.700. The summed E-state index contributed by atoms with van der Waals surface area (Å²) >= 11 is 0. The first-order valence-electron chi connectivity index (χ1n) is 6.07. The average molecular weight is 252 g/mol. The summed E-state index contributed by atoms with van der Waals surface area (Å²) in [6, 6.07) is 5.71. The monoisotopic (exact) mass is 252 g/mol. The highest BCUT2D eigenvalue weighted by molar-refractivity contribution is 5.69. The van der Waals surface area contributed by atoms with Crippen LogP contribution in [0.15, 0.2) is 18.2 Å². The first-order chi connectivity index (χ1) is 8.71. The van der Waals surface area contributed by atoms with E-state index in [0.717, 1.165) is 17.7 Å². The molecule has 0 fully saturated rings. The molecule has 0 saturated heterocycles. The van der Waals surface area contributed by atoms with E-state index in [4.69, 9.17) is 9.47 Å². The summed E-state index contributed by atoms with van der Waals surface area (Å²) < 4.78 is 15.4.